The fraction of sp³-hybridized carbons (Fsp3) is 0.467. The minimum Gasteiger partial charge on any atom is -0.361 e. The van der Waals surface area contributed by atoms with Crippen LogP contribution in [0.1, 0.15) is 24.5 Å². The molecule has 3 rings (SSSR count). The fourth-order valence-corrected chi connectivity index (χ4v) is 2.84. The van der Waals surface area contributed by atoms with Gasteiger partial charge in [0.25, 0.3) is 0 Å². The second-order valence-electron chi connectivity index (χ2n) is 5.51. The van der Waals surface area contributed by atoms with Gasteiger partial charge in [-0.1, -0.05) is 0 Å². The molecule has 1 saturated heterocycles. The molecule has 21 heavy (non-hydrogen) atoms. The van der Waals surface area contributed by atoms with Crippen LogP contribution in [-0.4, -0.2) is 47.1 Å². The molecule has 2 aromatic heterocycles. The maximum Gasteiger partial charge on any atom is 0.150 e. The van der Waals surface area contributed by atoms with Crippen LogP contribution in [0.25, 0.3) is 0 Å². The normalized spacial score (nSPS) is 18.6. The first-order valence-electron chi connectivity index (χ1n) is 7.25. The Kier molecular flexibility index (Phi) is 3.94. The first-order valence-corrected chi connectivity index (χ1v) is 7.25. The highest BCUT2D eigenvalue weighted by Crippen LogP contribution is 2.31. The van der Waals surface area contributed by atoms with E-state index in [4.69, 9.17) is 0 Å². The Balaban J connectivity index is 1.84. The van der Waals surface area contributed by atoms with Crippen LogP contribution in [0.5, 0.6) is 0 Å². The first-order chi connectivity index (χ1) is 10.3. The van der Waals surface area contributed by atoms with Crippen molar-refractivity contribution in [2.75, 3.05) is 37.0 Å². The van der Waals surface area contributed by atoms with E-state index in [1.54, 1.807) is 24.8 Å². The number of anilines is 2. The summed E-state index contributed by atoms with van der Waals surface area (Å²) in [5.74, 6) is 2.29. The molecule has 0 N–H and O–H groups in total. The van der Waals surface area contributed by atoms with Gasteiger partial charge in [-0.05, 0) is 12.8 Å². The van der Waals surface area contributed by atoms with E-state index >= 15 is 0 Å². The summed E-state index contributed by atoms with van der Waals surface area (Å²) in [4.78, 5) is 21.9. The minimum atomic E-state index is 0.381. The van der Waals surface area contributed by atoms with Crippen molar-refractivity contribution >= 4 is 11.6 Å². The van der Waals surface area contributed by atoms with Gasteiger partial charge < -0.3 is 9.80 Å². The van der Waals surface area contributed by atoms with Crippen LogP contribution in [0.3, 0.4) is 0 Å². The zero-order valence-electron chi connectivity index (χ0n) is 12.5. The van der Waals surface area contributed by atoms with Crippen molar-refractivity contribution in [3.05, 3.63) is 36.7 Å². The SMILES string of the molecule is CN(C)c1nccnc1[C@@H]1CCCN(c2cnccn2)C1. The molecule has 0 aliphatic carbocycles. The van der Waals surface area contributed by atoms with Crippen LogP contribution < -0.4 is 9.80 Å². The van der Waals surface area contributed by atoms with E-state index in [1.165, 1.54) is 0 Å². The Morgan fingerprint density at radius 2 is 1.90 bits per heavy atom. The standard InChI is InChI=1S/C15H20N6/c1-20(2)15-14(18-7-8-19-15)12-4-3-9-21(11-12)13-10-16-5-6-17-13/h5-8,10,12H,3-4,9,11H2,1-2H3/t12-/m1/s1. The smallest absolute Gasteiger partial charge is 0.150 e. The van der Waals surface area contributed by atoms with Gasteiger partial charge in [0, 0.05) is 57.9 Å². The molecule has 6 heteroatoms. The van der Waals surface area contributed by atoms with Gasteiger partial charge >= 0.3 is 0 Å². The van der Waals surface area contributed by atoms with Crippen molar-refractivity contribution < 1.29 is 0 Å². The molecule has 0 saturated carbocycles. The predicted molar refractivity (Wildman–Crippen MR) is 82.6 cm³/mol. The number of piperidine rings is 1. The summed E-state index contributed by atoms with van der Waals surface area (Å²) in [6.45, 7) is 1.94. The molecule has 6 nitrogen and oxygen atoms in total. The Bertz CT molecular complexity index is 586. The van der Waals surface area contributed by atoms with Gasteiger partial charge in [-0.25, -0.2) is 9.97 Å². The van der Waals surface area contributed by atoms with Gasteiger partial charge in [0.1, 0.15) is 11.6 Å². The predicted octanol–water partition coefficient (Wildman–Crippen LogP) is 1.72. The summed E-state index contributed by atoms with van der Waals surface area (Å²) < 4.78 is 0. The lowest BCUT2D eigenvalue weighted by Gasteiger charge is -2.34. The summed E-state index contributed by atoms with van der Waals surface area (Å²) in [6, 6.07) is 0. The average Bonchev–Trinajstić information content (AvgIpc) is 2.56. The van der Waals surface area contributed by atoms with Gasteiger partial charge in [0.05, 0.1) is 11.9 Å². The van der Waals surface area contributed by atoms with E-state index in [0.29, 0.717) is 5.92 Å². The molecule has 1 fully saturated rings. The number of rotatable bonds is 3. The first kappa shape index (κ1) is 13.7. The number of aromatic nitrogens is 4. The summed E-state index contributed by atoms with van der Waals surface area (Å²) in [5.41, 5.74) is 1.08. The zero-order chi connectivity index (χ0) is 14.7. The van der Waals surface area contributed by atoms with E-state index in [9.17, 15) is 0 Å². The third-order valence-corrected chi connectivity index (χ3v) is 3.81. The van der Waals surface area contributed by atoms with Crippen LogP contribution in [0.4, 0.5) is 11.6 Å². The maximum atomic E-state index is 4.58. The van der Waals surface area contributed by atoms with E-state index < -0.39 is 0 Å². The molecule has 1 atom stereocenters. The largest absolute Gasteiger partial charge is 0.361 e. The van der Waals surface area contributed by atoms with Crippen molar-refractivity contribution in [1.29, 1.82) is 0 Å². The van der Waals surface area contributed by atoms with Crippen molar-refractivity contribution in [2.45, 2.75) is 18.8 Å². The Labute approximate surface area is 124 Å². The van der Waals surface area contributed by atoms with E-state index in [1.807, 2.05) is 25.2 Å². The lowest BCUT2D eigenvalue weighted by molar-refractivity contribution is 0.497. The van der Waals surface area contributed by atoms with Gasteiger partial charge in [-0.3, -0.25) is 9.97 Å². The topological polar surface area (TPSA) is 58.0 Å². The third-order valence-electron chi connectivity index (χ3n) is 3.81. The zero-order valence-corrected chi connectivity index (χ0v) is 12.5. The molecular weight excluding hydrogens is 264 g/mol. The fourth-order valence-electron chi connectivity index (χ4n) is 2.84. The van der Waals surface area contributed by atoms with Crippen molar-refractivity contribution in [2.24, 2.45) is 0 Å². The Hall–Kier alpha value is -2.24. The van der Waals surface area contributed by atoms with Crippen LogP contribution in [-0.2, 0) is 0 Å². The van der Waals surface area contributed by atoms with Crippen LogP contribution in [0.15, 0.2) is 31.0 Å². The molecule has 110 valence electrons. The van der Waals surface area contributed by atoms with Crippen LogP contribution in [0, 0.1) is 0 Å². The Morgan fingerprint density at radius 1 is 1.10 bits per heavy atom. The average molecular weight is 284 g/mol. The molecule has 2 aromatic rings. The highest BCUT2D eigenvalue weighted by atomic mass is 15.2. The van der Waals surface area contributed by atoms with Gasteiger partial charge in [0.15, 0.2) is 0 Å². The molecular formula is C15H20N6. The summed E-state index contributed by atoms with van der Waals surface area (Å²) >= 11 is 0. The second kappa shape index (κ2) is 6.03. The lowest BCUT2D eigenvalue weighted by atomic mass is 9.94. The van der Waals surface area contributed by atoms with Gasteiger partial charge in [-0.15, -0.1) is 0 Å². The molecule has 0 amide bonds. The molecule has 3 heterocycles. The quantitative estimate of drug-likeness (QED) is 0.855. The highest BCUT2D eigenvalue weighted by molar-refractivity contribution is 5.45. The number of hydrogen-bond donors (Lipinski definition) is 0. The van der Waals surface area contributed by atoms with E-state index in [0.717, 1.165) is 43.3 Å². The molecule has 0 aromatic carbocycles. The summed E-state index contributed by atoms with van der Waals surface area (Å²) in [5, 5.41) is 0. The monoisotopic (exact) mass is 284 g/mol. The minimum absolute atomic E-state index is 0.381. The second-order valence-corrected chi connectivity index (χ2v) is 5.51. The highest BCUT2D eigenvalue weighted by Gasteiger charge is 2.26. The van der Waals surface area contributed by atoms with Gasteiger partial charge in [0.2, 0.25) is 0 Å². The molecule has 0 bridgehead atoms. The van der Waals surface area contributed by atoms with Gasteiger partial charge in [-0.2, -0.15) is 0 Å². The Morgan fingerprint density at radius 3 is 2.67 bits per heavy atom. The number of hydrogen-bond acceptors (Lipinski definition) is 6. The van der Waals surface area contributed by atoms with Crippen LogP contribution in [0.2, 0.25) is 0 Å². The molecule has 0 spiro atoms. The maximum absolute atomic E-state index is 4.58. The third kappa shape index (κ3) is 2.94. The summed E-state index contributed by atoms with van der Waals surface area (Å²) in [6.07, 6.45) is 11.1. The van der Waals surface area contributed by atoms with Crippen molar-refractivity contribution in [3.8, 4) is 0 Å². The molecule has 0 unspecified atom stereocenters. The van der Waals surface area contributed by atoms with Crippen LogP contribution >= 0.6 is 0 Å². The number of nitrogens with zero attached hydrogens (tertiary/aromatic N) is 6. The molecule has 1 aliphatic heterocycles. The lowest BCUT2D eigenvalue weighted by Crippen LogP contribution is -2.36. The summed E-state index contributed by atoms with van der Waals surface area (Å²) in [7, 11) is 4.02. The van der Waals surface area contributed by atoms with E-state index in [-0.39, 0.29) is 0 Å². The van der Waals surface area contributed by atoms with Crippen molar-refractivity contribution in [3.63, 3.8) is 0 Å². The molecule has 1 aliphatic rings. The van der Waals surface area contributed by atoms with E-state index in [2.05, 4.69) is 24.8 Å². The molecule has 0 radical (unpaired) electrons. The van der Waals surface area contributed by atoms with Crippen molar-refractivity contribution in [1.82, 2.24) is 19.9 Å².